The average Bonchev–Trinajstić information content (AvgIpc) is 2.69. The standard InChI is InChI=1S/C25H22O2/c1-18-8-12-21(13-9-18)24(26)16-23(20-6-4-3-5-7-20)17-25(27)22-14-10-19(2)11-15-22/h3-16H,17H2,1-2H3/b23-16-. The molecule has 0 amide bonds. The predicted octanol–water partition coefficient (Wildman–Crippen LogP) is 5.84. The minimum absolute atomic E-state index is 0.00168. The number of rotatable bonds is 6. The minimum atomic E-state index is -0.0921. The van der Waals surface area contributed by atoms with Gasteiger partial charge in [-0.1, -0.05) is 90.0 Å². The Bertz CT molecular complexity index is 963. The summed E-state index contributed by atoms with van der Waals surface area (Å²) >= 11 is 0. The van der Waals surface area contributed by atoms with Crippen molar-refractivity contribution in [3.05, 3.63) is 113 Å². The van der Waals surface area contributed by atoms with Crippen LogP contribution in [0.2, 0.25) is 0 Å². The molecule has 27 heavy (non-hydrogen) atoms. The number of aryl methyl sites for hydroxylation is 2. The van der Waals surface area contributed by atoms with Gasteiger partial charge in [0.05, 0.1) is 0 Å². The number of hydrogen-bond donors (Lipinski definition) is 0. The zero-order chi connectivity index (χ0) is 19.2. The topological polar surface area (TPSA) is 34.1 Å². The molecule has 0 aliphatic carbocycles. The Morgan fingerprint density at radius 1 is 0.667 bits per heavy atom. The summed E-state index contributed by atoms with van der Waals surface area (Å²) in [5, 5.41) is 0. The first kappa shape index (κ1) is 18.5. The van der Waals surface area contributed by atoms with E-state index in [1.54, 1.807) is 6.08 Å². The van der Waals surface area contributed by atoms with Crippen molar-refractivity contribution in [2.45, 2.75) is 20.3 Å². The number of Topliss-reactive ketones (excluding diaryl/α,β-unsaturated/α-hetero) is 1. The van der Waals surface area contributed by atoms with Crippen molar-refractivity contribution in [1.29, 1.82) is 0 Å². The summed E-state index contributed by atoms with van der Waals surface area (Å²) < 4.78 is 0. The second-order valence-electron chi connectivity index (χ2n) is 6.73. The van der Waals surface area contributed by atoms with Crippen molar-refractivity contribution < 1.29 is 9.59 Å². The first-order valence-electron chi connectivity index (χ1n) is 9.00. The molecule has 3 rings (SSSR count). The van der Waals surface area contributed by atoms with Crippen LogP contribution in [0.15, 0.2) is 84.9 Å². The van der Waals surface area contributed by atoms with E-state index < -0.39 is 0 Å². The quantitative estimate of drug-likeness (QED) is 0.411. The lowest BCUT2D eigenvalue weighted by atomic mass is 9.95. The van der Waals surface area contributed by atoms with Gasteiger partial charge < -0.3 is 0 Å². The molecular weight excluding hydrogens is 332 g/mol. The van der Waals surface area contributed by atoms with E-state index in [1.165, 1.54) is 0 Å². The lowest BCUT2D eigenvalue weighted by Gasteiger charge is -2.08. The molecule has 0 saturated carbocycles. The maximum atomic E-state index is 12.8. The highest BCUT2D eigenvalue weighted by Crippen LogP contribution is 2.22. The molecule has 3 aromatic rings. The van der Waals surface area contributed by atoms with Crippen LogP contribution >= 0.6 is 0 Å². The molecule has 0 bridgehead atoms. The van der Waals surface area contributed by atoms with E-state index >= 15 is 0 Å². The van der Waals surface area contributed by atoms with Gasteiger partial charge in [-0.25, -0.2) is 0 Å². The summed E-state index contributed by atoms with van der Waals surface area (Å²) in [5.74, 6) is -0.0904. The average molecular weight is 354 g/mol. The molecule has 0 aliphatic rings. The zero-order valence-corrected chi connectivity index (χ0v) is 15.6. The van der Waals surface area contributed by atoms with Gasteiger partial charge in [-0.05, 0) is 31.1 Å². The lowest BCUT2D eigenvalue weighted by Crippen LogP contribution is -2.03. The lowest BCUT2D eigenvalue weighted by molar-refractivity contribution is 0.0998. The smallest absolute Gasteiger partial charge is 0.186 e. The van der Waals surface area contributed by atoms with Crippen LogP contribution in [0.5, 0.6) is 0 Å². The molecule has 2 nitrogen and oxygen atoms in total. The van der Waals surface area contributed by atoms with Crippen molar-refractivity contribution in [3.63, 3.8) is 0 Å². The molecule has 0 fully saturated rings. The summed E-state index contributed by atoms with van der Waals surface area (Å²) in [6.45, 7) is 3.98. The molecule has 2 heteroatoms. The number of benzene rings is 3. The SMILES string of the molecule is Cc1ccc(C(=O)/C=C(/CC(=O)c2ccc(C)cc2)c2ccccc2)cc1. The molecule has 0 unspecified atom stereocenters. The van der Waals surface area contributed by atoms with Gasteiger partial charge in [-0.2, -0.15) is 0 Å². The van der Waals surface area contributed by atoms with E-state index in [0.717, 1.165) is 22.3 Å². The fourth-order valence-corrected chi connectivity index (χ4v) is 2.86. The van der Waals surface area contributed by atoms with Crippen LogP contribution in [0, 0.1) is 13.8 Å². The molecule has 0 heterocycles. The Hall–Kier alpha value is -3.26. The molecule has 0 aromatic heterocycles. The van der Waals surface area contributed by atoms with E-state index in [2.05, 4.69) is 0 Å². The Balaban J connectivity index is 1.91. The Morgan fingerprint density at radius 2 is 1.19 bits per heavy atom. The monoisotopic (exact) mass is 354 g/mol. The number of hydrogen-bond acceptors (Lipinski definition) is 2. The highest BCUT2D eigenvalue weighted by Gasteiger charge is 2.13. The molecule has 0 aliphatic heterocycles. The third-order valence-electron chi connectivity index (χ3n) is 4.51. The molecule has 0 radical (unpaired) electrons. The highest BCUT2D eigenvalue weighted by atomic mass is 16.1. The summed E-state index contributed by atoms with van der Waals surface area (Å²) in [6, 6.07) is 24.6. The second-order valence-corrected chi connectivity index (χ2v) is 6.73. The molecular formula is C25H22O2. The van der Waals surface area contributed by atoms with Gasteiger partial charge in [-0.3, -0.25) is 9.59 Å². The largest absolute Gasteiger partial charge is 0.294 e. The van der Waals surface area contributed by atoms with Gasteiger partial charge in [0.15, 0.2) is 11.6 Å². The van der Waals surface area contributed by atoms with Crippen molar-refractivity contribution in [1.82, 2.24) is 0 Å². The van der Waals surface area contributed by atoms with Gasteiger partial charge in [0.25, 0.3) is 0 Å². The van der Waals surface area contributed by atoms with Gasteiger partial charge in [0, 0.05) is 17.5 Å². The van der Waals surface area contributed by atoms with E-state index in [-0.39, 0.29) is 18.0 Å². The molecule has 3 aromatic carbocycles. The molecule has 134 valence electrons. The predicted molar refractivity (Wildman–Crippen MR) is 110 cm³/mol. The maximum Gasteiger partial charge on any atom is 0.186 e. The third-order valence-corrected chi connectivity index (χ3v) is 4.51. The van der Waals surface area contributed by atoms with E-state index in [1.807, 2.05) is 92.7 Å². The fourth-order valence-electron chi connectivity index (χ4n) is 2.86. The van der Waals surface area contributed by atoms with Crippen molar-refractivity contribution in [2.24, 2.45) is 0 Å². The molecule has 0 N–H and O–H groups in total. The fraction of sp³-hybridized carbons (Fsp3) is 0.120. The number of ketones is 2. The van der Waals surface area contributed by atoms with Crippen molar-refractivity contribution >= 4 is 17.1 Å². The van der Waals surface area contributed by atoms with E-state index in [9.17, 15) is 9.59 Å². The van der Waals surface area contributed by atoms with Crippen molar-refractivity contribution in [3.8, 4) is 0 Å². The number of carbonyl (C=O) groups is 2. The van der Waals surface area contributed by atoms with Crippen LogP contribution < -0.4 is 0 Å². The van der Waals surface area contributed by atoms with Crippen LogP contribution in [0.1, 0.15) is 43.8 Å². The van der Waals surface area contributed by atoms with Crippen LogP contribution in [0.3, 0.4) is 0 Å². The second kappa shape index (κ2) is 8.41. The van der Waals surface area contributed by atoms with Crippen LogP contribution in [0.4, 0.5) is 0 Å². The highest BCUT2D eigenvalue weighted by molar-refractivity contribution is 6.11. The summed E-state index contributed by atoms with van der Waals surface area (Å²) in [7, 11) is 0. The summed E-state index contributed by atoms with van der Waals surface area (Å²) in [4.78, 5) is 25.5. The molecule has 0 spiro atoms. The maximum absolute atomic E-state index is 12.8. The summed E-state index contributed by atoms with van der Waals surface area (Å²) in [6.07, 6.45) is 1.77. The van der Waals surface area contributed by atoms with Crippen LogP contribution in [0.25, 0.3) is 5.57 Å². The Labute approximate surface area is 160 Å². The first-order chi connectivity index (χ1) is 13.0. The van der Waals surface area contributed by atoms with Crippen molar-refractivity contribution in [2.75, 3.05) is 0 Å². The van der Waals surface area contributed by atoms with Crippen LogP contribution in [-0.4, -0.2) is 11.6 Å². The van der Waals surface area contributed by atoms with Crippen LogP contribution in [-0.2, 0) is 0 Å². The zero-order valence-electron chi connectivity index (χ0n) is 15.6. The van der Waals surface area contributed by atoms with Gasteiger partial charge >= 0.3 is 0 Å². The van der Waals surface area contributed by atoms with Gasteiger partial charge in [0.1, 0.15) is 0 Å². The Morgan fingerprint density at radius 3 is 1.74 bits per heavy atom. The first-order valence-corrected chi connectivity index (χ1v) is 9.00. The molecule has 0 atom stereocenters. The third kappa shape index (κ3) is 4.89. The molecule has 0 saturated heterocycles. The number of allylic oxidation sites excluding steroid dienone is 2. The van der Waals surface area contributed by atoms with E-state index in [4.69, 9.17) is 0 Å². The van der Waals surface area contributed by atoms with Gasteiger partial charge in [0.2, 0.25) is 0 Å². The summed E-state index contributed by atoms with van der Waals surface area (Å²) in [5.41, 5.74) is 5.11. The Kier molecular flexibility index (Phi) is 5.77. The normalized spacial score (nSPS) is 11.3. The minimum Gasteiger partial charge on any atom is -0.294 e. The number of carbonyl (C=O) groups excluding carboxylic acids is 2. The van der Waals surface area contributed by atoms with E-state index in [0.29, 0.717) is 11.1 Å². The van der Waals surface area contributed by atoms with Gasteiger partial charge in [-0.15, -0.1) is 0 Å².